The Bertz CT molecular complexity index is 295. The van der Waals surface area contributed by atoms with Gasteiger partial charge in [-0.1, -0.05) is 44.1 Å². The highest BCUT2D eigenvalue weighted by Crippen LogP contribution is 2.07. The van der Waals surface area contributed by atoms with Gasteiger partial charge in [0.2, 0.25) is 0 Å². The van der Waals surface area contributed by atoms with Gasteiger partial charge in [0.05, 0.1) is 6.10 Å². The van der Waals surface area contributed by atoms with E-state index >= 15 is 0 Å². The van der Waals surface area contributed by atoms with Crippen LogP contribution in [0.2, 0.25) is 0 Å². The first-order chi connectivity index (χ1) is 10.2. The van der Waals surface area contributed by atoms with E-state index in [0.717, 1.165) is 44.9 Å². The molecule has 122 valence electrons. The van der Waals surface area contributed by atoms with Gasteiger partial charge in [0, 0.05) is 6.42 Å². The maximum absolute atomic E-state index is 10.3. The number of aliphatic hydroxyl groups excluding tert-OH is 1. The van der Waals surface area contributed by atoms with E-state index in [-0.39, 0.29) is 12.5 Å². The average Bonchev–Trinajstić information content (AvgIpc) is 2.45. The zero-order valence-corrected chi connectivity index (χ0v) is 13.5. The SMILES string of the molecule is CCCCC/C=C\CC(O)CC/C=C\CCCCC(=O)O. The lowest BCUT2D eigenvalue weighted by Gasteiger charge is -2.05. The quantitative estimate of drug-likeness (QED) is 0.355. The van der Waals surface area contributed by atoms with Crippen molar-refractivity contribution in [2.45, 2.75) is 83.7 Å². The zero-order valence-electron chi connectivity index (χ0n) is 13.5. The summed E-state index contributed by atoms with van der Waals surface area (Å²) in [6.45, 7) is 2.20. The van der Waals surface area contributed by atoms with Gasteiger partial charge < -0.3 is 10.2 Å². The number of carbonyl (C=O) groups is 1. The molecular weight excluding hydrogens is 264 g/mol. The van der Waals surface area contributed by atoms with Crippen molar-refractivity contribution < 1.29 is 15.0 Å². The molecule has 0 amide bonds. The second-order valence-corrected chi connectivity index (χ2v) is 5.54. The van der Waals surface area contributed by atoms with Crippen molar-refractivity contribution in [3.8, 4) is 0 Å². The summed E-state index contributed by atoms with van der Waals surface area (Å²) in [5.74, 6) is -0.718. The van der Waals surface area contributed by atoms with Crippen LogP contribution < -0.4 is 0 Å². The van der Waals surface area contributed by atoms with Gasteiger partial charge in [0.1, 0.15) is 0 Å². The van der Waals surface area contributed by atoms with Gasteiger partial charge >= 0.3 is 5.97 Å². The minimum atomic E-state index is -0.718. The molecule has 0 aliphatic rings. The Morgan fingerprint density at radius 3 is 2.24 bits per heavy atom. The molecule has 0 heterocycles. The van der Waals surface area contributed by atoms with Crippen LogP contribution in [0.3, 0.4) is 0 Å². The molecule has 0 bridgehead atoms. The maximum Gasteiger partial charge on any atom is 0.303 e. The molecule has 0 aliphatic carbocycles. The number of allylic oxidation sites excluding steroid dienone is 3. The van der Waals surface area contributed by atoms with Crippen molar-refractivity contribution in [2.75, 3.05) is 0 Å². The van der Waals surface area contributed by atoms with E-state index < -0.39 is 5.97 Å². The maximum atomic E-state index is 10.3. The molecule has 2 N–H and O–H groups in total. The number of carboxylic acid groups (broad SMARTS) is 1. The lowest BCUT2D eigenvalue weighted by Crippen LogP contribution is -2.03. The summed E-state index contributed by atoms with van der Waals surface area (Å²) in [4.78, 5) is 10.3. The number of aliphatic hydroxyl groups is 1. The fourth-order valence-corrected chi connectivity index (χ4v) is 2.06. The Balaban J connectivity index is 3.39. The van der Waals surface area contributed by atoms with Crippen LogP contribution in [0, 0.1) is 0 Å². The van der Waals surface area contributed by atoms with Gasteiger partial charge in [0.25, 0.3) is 0 Å². The molecule has 0 saturated carbocycles. The van der Waals surface area contributed by atoms with E-state index in [1.54, 1.807) is 0 Å². The Kier molecular flexibility index (Phi) is 14.5. The molecule has 0 aromatic carbocycles. The first-order valence-corrected chi connectivity index (χ1v) is 8.36. The van der Waals surface area contributed by atoms with Gasteiger partial charge in [-0.15, -0.1) is 0 Å². The molecule has 3 nitrogen and oxygen atoms in total. The van der Waals surface area contributed by atoms with Crippen molar-refractivity contribution in [1.29, 1.82) is 0 Å². The predicted molar refractivity (Wildman–Crippen MR) is 88.4 cm³/mol. The van der Waals surface area contributed by atoms with E-state index in [4.69, 9.17) is 5.11 Å². The summed E-state index contributed by atoms with van der Waals surface area (Å²) < 4.78 is 0. The molecule has 0 aromatic rings. The van der Waals surface area contributed by atoms with E-state index in [2.05, 4.69) is 31.2 Å². The highest BCUT2D eigenvalue weighted by molar-refractivity contribution is 5.66. The van der Waals surface area contributed by atoms with Crippen LogP contribution in [0.4, 0.5) is 0 Å². The van der Waals surface area contributed by atoms with E-state index in [0.29, 0.717) is 0 Å². The highest BCUT2D eigenvalue weighted by atomic mass is 16.4. The summed E-state index contributed by atoms with van der Waals surface area (Å²) in [6.07, 6.45) is 18.4. The van der Waals surface area contributed by atoms with E-state index in [1.165, 1.54) is 19.3 Å². The van der Waals surface area contributed by atoms with Crippen LogP contribution >= 0.6 is 0 Å². The first-order valence-electron chi connectivity index (χ1n) is 8.36. The third-order valence-electron chi connectivity index (χ3n) is 3.39. The van der Waals surface area contributed by atoms with Crippen LogP contribution in [0.15, 0.2) is 24.3 Å². The van der Waals surface area contributed by atoms with Crippen LogP contribution in [0.5, 0.6) is 0 Å². The molecule has 0 saturated heterocycles. The smallest absolute Gasteiger partial charge is 0.303 e. The summed E-state index contributed by atoms with van der Waals surface area (Å²) in [7, 11) is 0. The van der Waals surface area contributed by atoms with E-state index in [9.17, 15) is 9.90 Å². The fourth-order valence-electron chi connectivity index (χ4n) is 2.06. The Labute approximate surface area is 129 Å². The molecule has 21 heavy (non-hydrogen) atoms. The molecule has 1 atom stereocenters. The lowest BCUT2D eigenvalue weighted by molar-refractivity contribution is -0.137. The molecule has 0 aromatic heterocycles. The number of rotatable bonds is 14. The second-order valence-electron chi connectivity index (χ2n) is 5.54. The summed E-state index contributed by atoms with van der Waals surface area (Å²) >= 11 is 0. The van der Waals surface area contributed by atoms with Gasteiger partial charge in [-0.05, 0) is 51.4 Å². The average molecular weight is 296 g/mol. The van der Waals surface area contributed by atoms with Crippen molar-refractivity contribution in [2.24, 2.45) is 0 Å². The third kappa shape index (κ3) is 16.9. The van der Waals surface area contributed by atoms with Crippen molar-refractivity contribution in [3.63, 3.8) is 0 Å². The molecule has 0 rings (SSSR count). The van der Waals surface area contributed by atoms with Gasteiger partial charge in [-0.25, -0.2) is 0 Å². The number of aliphatic carboxylic acids is 1. The van der Waals surface area contributed by atoms with Crippen LogP contribution in [-0.4, -0.2) is 22.3 Å². The minimum Gasteiger partial charge on any atom is -0.481 e. The third-order valence-corrected chi connectivity index (χ3v) is 3.39. The molecule has 3 heteroatoms. The Morgan fingerprint density at radius 2 is 1.57 bits per heavy atom. The normalized spacial score (nSPS) is 13.2. The molecule has 0 spiro atoms. The highest BCUT2D eigenvalue weighted by Gasteiger charge is 1.99. The molecule has 0 aliphatic heterocycles. The number of unbranched alkanes of at least 4 members (excludes halogenated alkanes) is 5. The Morgan fingerprint density at radius 1 is 0.952 bits per heavy atom. The number of carboxylic acids is 1. The van der Waals surface area contributed by atoms with Gasteiger partial charge in [-0.3, -0.25) is 4.79 Å². The van der Waals surface area contributed by atoms with Crippen LogP contribution in [-0.2, 0) is 4.79 Å². The van der Waals surface area contributed by atoms with Crippen LogP contribution in [0.25, 0.3) is 0 Å². The second kappa shape index (κ2) is 15.3. The number of hydrogen-bond donors (Lipinski definition) is 2. The zero-order chi connectivity index (χ0) is 15.8. The topological polar surface area (TPSA) is 57.5 Å². The summed E-state index contributed by atoms with van der Waals surface area (Å²) in [6, 6.07) is 0. The van der Waals surface area contributed by atoms with Gasteiger partial charge in [0.15, 0.2) is 0 Å². The minimum absolute atomic E-state index is 0.246. The predicted octanol–water partition coefficient (Wildman–Crippen LogP) is 4.86. The molecule has 0 radical (unpaired) electrons. The standard InChI is InChI=1S/C18H32O3/c1-2-3-4-5-8-11-14-17(19)15-12-9-6-7-10-13-16-18(20)21/h6,8-9,11,17,19H,2-5,7,10,12-16H2,1H3,(H,20,21)/b9-6-,11-8-. The van der Waals surface area contributed by atoms with Crippen LogP contribution in [0.1, 0.15) is 77.6 Å². The monoisotopic (exact) mass is 296 g/mol. The molecule has 0 fully saturated rings. The first kappa shape index (κ1) is 19.9. The summed E-state index contributed by atoms with van der Waals surface area (Å²) in [5, 5.41) is 18.3. The number of hydrogen-bond acceptors (Lipinski definition) is 2. The summed E-state index contributed by atoms with van der Waals surface area (Å²) in [5.41, 5.74) is 0. The largest absolute Gasteiger partial charge is 0.481 e. The molecular formula is C18H32O3. The fraction of sp³-hybridized carbons (Fsp3) is 0.722. The van der Waals surface area contributed by atoms with Crippen molar-refractivity contribution >= 4 is 5.97 Å². The van der Waals surface area contributed by atoms with Crippen molar-refractivity contribution in [1.82, 2.24) is 0 Å². The van der Waals surface area contributed by atoms with Gasteiger partial charge in [-0.2, -0.15) is 0 Å². The van der Waals surface area contributed by atoms with E-state index in [1.807, 2.05) is 0 Å². The molecule has 1 unspecified atom stereocenters. The lowest BCUT2D eigenvalue weighted by atomic mass is 10.1. The van der Waals surface area contributed by atoms with Crippen molar-refractivity contribution in [3.05, 3.63) is 24.3 Å². The Hall–Kier alpha value is -1.09.